The monoisotopic (exact) mass is 293 g/mol. The minimum Gasteiger partial charge on any atom is -0.480 e. The normalized spacial score (nSPS) is 30.0. The highest BCUT2D eigenvalue weighted by atomic mass is 16.5. The van der Waals surface area contributed by atoms with Crippen LogP contribution < -0.4 is 0 Å². The Balaban J connectivity index is 1.80. The van der Waals surface area contributed by atoms with Crippen molar-refractivity contribution in [2.75, 3.05) is 0 Å². The summed E-state index contributed by atoms with van der Waals surface area (Å²) < 4.78 is 5.15. The van der Waals surface area contributed by atoms with Gasteiger partial charge in [-0.3, -0.25) is 9.69 Å². The van der Waals surface area contributed by atoms with Crippen molar-refractivity contribution < 1.29 is 14.4 Å². The molecule has 0 amide bonds. The molecule has 21 heavy (non-hydrogen) atoms. The number of aliphatic carboxylic acids is 1. The van der Waals surface area contributed by atoms with Crippen LogP contribution in [0.2, 0.25) is 0 Å². The number of carboxylic acids is 1. The third kappa shape index (κ3) is 2.95. The first-order valence-electron chi connectivity index (χ1n) is 7.99. The molecular formula is C15H23N3O3. The number of piperidine rings is 1. The summed E-state index contributed by atoms with van der Waals surface area (Å²) >= 11 is 0. The number of aromatic nitrogens is 2. The Hall–Kier alpha value is -1.43. The van der Waals surface area contributed by atoms with Crippen LogP contribution in [-0.2, 0) is 17.8 Å². The smallest absolute Gasteiger partial charge is 0.320 e. The molecule has 6 nitrogen and oxygen atoms in total. The molecule has 1 aliphatic heterocycles. The van der Waals surface area contributed by atoms with Gasteiger partial charge in [0, 0.05) is 12.5 Å². The molecule has 6 heteroatoms. The number of nitrogens with zero attached hydrogens (tertiary/aromatic N) is 3. The number of carbonyl (C=O) groups is 1. The molecule has 1 N–H and O–H groups in total. The van der Waals surface area contributed by atoms with E-state index in [0.29, 0.717) is 36.6 Å². The fourth-order valence-electron chi connectivity index (χ4n) is 3.88. The minimum atomic E-state index is -0.724. The molecule has 0 radical (unpaired) electrons. The molecule has 1 aromatic heterocycles. The maximum Gasteiger partial charge on any atom is 0.320 e. The highest BCUT2D eigenvalue weighted by Gasteiger charge is 2.41. The van der Waals surface area contributed by atoms with E-state index in [4.69, 9.17) is 4.52 Å². The number of carboxylic acid groups (broad SMARTS) is 1. The molecule has 1 aromatic rings. The summed E-state index contributed by atoms with van der Waals surface area (Å²) in [5.74, 6) is 1.14. The number of hydrogen-bond acceptors (Lipinski definition) is 5. The van der Waals surface area contributed by atoms with E-state index in [1.807, 2.05) is 6.92 Å². The highest BCUT2D eigenvalue weighted by molar-refractivity contribution is 5.73. The predicted octanol–water partition coefficient (Wildman–Crippen LogP) is 2.24. The first-order chi connectivity index (χ1) is 10.2. The summed E-state index contributed by atoms with van der Waals surface area (Å²) in [6.07, 6.45) is 7.25. The van der Waals surface area contributed by atoms with Gasteiger partial charge < -0.3 is 9.63 Å². The molecule has 1 aliphatic carbocycles. The largest absolute Gasteiger partial charge is 0.480 e. The minimum absolute atomic E-state index is 0.358. The quantitative estimate of drug-likeness (QED) is 0.917. The Morgan fingerprint density at radius 1 is 1.33 bits per heavy atom. The second kappa shape index (κ2) is 6.13. The molecule has 3 rings (SSSR count). The predicted molar refractivity (Wildman–Crippen MR) is 75.6 cm³/mol. The zero-order valence-electron chi connectivity index (χ0n) is 12.5. The van der Waals surface area contributed by atoms with Gasteiger partial charge in [-0.05, 0) is 31.6 Å². The summed E-state index contributed by atoms with van der Waals surface area (Å²) in [6.45, 7) is 2.46. The summed E-state index contributed by atoms with van der Waals surface area (Å²) in [6, 6.07) is -0.0508. The number of rotatable bonds is 4. The van der Waals surface area contributed by atoms with Crippen LogP contribution in [0.1, 0.15) is 57.2 Å². The van der Waals surface area contributed by atoms with Crippen LogP contribution in [0, 0.1) is 5.92 Å². The van der Waals surface area contributed by atoms with Crippen LogP contribution in [0.4, 0.5) is 0 Å². The zero-order valence-corrected chi connectivity index (χ0v) is 12.5. The van der Waals surface area contributed by atoms with Crippen molar-refractivity contribution in [2.24, 2.45) is 5.92 Å². The van der Waals surface area contributed by atoms with Crippen molar-refractivity contribution in [3.05, 3.63) is 11.7 Å². The summed E-state index contributed by atoms with van der Waals surface area (Å²) in [5, 5.41) is 13.5. The summed E-state index contributed by atoms with van der Waals surface area (Å²) in [4.78, 5) is 18.0. The van der Waals surface area contributed by atoms with E-state index < -0.39 is 12.0 Å². The van der Waals surface area contributed by atoms with Crippen LogP contribution in [0.5, 0.6) is 0 Å². The van der Waals surface area contributed by atoms with Crippen LogP contribution in [0.3, 0.4) is 0 Å². The fourth-order valence-corrected chi connectivity index (χ4v) is 3.88. The van der Waals surface area contributed by atoms with Crippen molar-refractivity contribution >= 4 is 5.97 Å². The average molecular weight is 293 g/mol. The van der Waals surface area contributed by atoms with Crippen molar-refractivity contribution in [3.8, 4) is 0 Å². The zero-order chi connectivity index (χ0) is 14.8. The Labute approximate surface area is 124 Å². The van der Waals surface area contributed by atoms with Gasteiger partial charge in [0.2, 0.25) is 5.89 Å². The molecule has 2 fully saturated rings. The molecule has 2 aliphatic rings. The van der Waals surface area contributed by atoms with Gasteiger partial charge >= 0.3 is 5.97 Å². The van der Waals surface area contributed by atoms with Crippen molar-refractivity contribution in [3.63, 3.8) is 0 Å². The van der Waals surface area contributed by atoms with E-state index >= 15 is 0 Å². The maximum absolute atomic E-state index is 11.6. The van der Waals surface area contributed by atoms with Crippen LogP contribution in [0.25, 0.3) is 0 Å². The third-order valence-corrected chi connectivity index (χ3v) is 4.93. The van der Waals surface area contributed by atoms with Gasteiger partial charge in [-0.25, -0.2) is 0 Å². The van der Waals surface area contributed by atoms with Crippen molar-refractivity contribution in [1.29, 1.82) is 0 Å². The molecule has 3 atom stereocenters. The first-order valence-corrected chi connectivity index (χ1v) is 7.99. The maximum atomic E-state index is 11.6. The molecule has 0 aromatic carbocycles. The first kappa shape index (κ1) is 14.5. The van der Waals surface area contributed by atoms with E-state index in [2.05, 4.69) is 15.0 Å². The molecule has 1 saturated heterocycles. The van der Waals surface area contributed by atoms with Crippen LogP contribution in [-0.4, -0.2) is 38.2 Å². The Kier molecular flexibility index (Phi) is 4.24. The van der Waals surface area contributed by atoms with Gasteiger partial charge in [-0.1, -0.05) is 24.9 Å². The van der Waals surface area contributed by atoms with E-state index in [9.17, 15) is 9.90 Å². The molecule has 3 unspecified atom stereocenters. The molecule has 116 valence electrons. The standard InChI is InChI=1S/C15H23N3O3/c1-2-14-16-13(17-21-14)9-18-11-6-4-3-5-10(11)7-8-12(18)15(19)20/h10-12H,2-9H2,1H3,(H,19,20). The van der Waals surface area contributed by atoms with Gasteiger partial charge in [0.1, 0.15) is 6.04 Å². The number of likely N-dealkylation sites (tertiary alicyclic amines) is 1. The van der Waals surface area contributed by atoms with Gasteiger partial charge in [0.15, 0.2) is 5.82 Å². The Morgan fingerprint density at radius 3 is 2.86 bits per heavy atom. The van der Waals surface area contributed by atoms with E-state index in [1.165, 1.54) is 19.3 Å². The number of fused-ring (bicyclic) bond motifs is 1. The highest BCUT2D eigenvalue weighted by Crippen LogP contribution is 2.38. The fraction of sp³-hybridized carbons (Fsp3) is 0.800. The lowest BCUT2D eigenvalue weighted by Gasteiger charge is -2.46. The van der Waals surface area contributed by atoms with Crippen molar-refractivity contribution in [1.82, 2.24) is 15.0 Å². The lowest BCUT2D eigenvalue weighted by molar-refractivity contribution is -0.148. The molecule has 1 saturated carbocycles. The lowest BCUT2D eigenvalue weighted by atomic mass is 9.76. The number of aryl methyl sites for hydroxylation is 1. The van der Waals surface area contributed by atoms with Gasteiger partial charge in [-0.15, -0.1) is 0 Å². The third-order valence-electron chi connectivity index (χ3n) is 4.93. The van der Waals surface area contributed by atoms with Gasteiger partial charge in [-0.2, -0.15) is 4.98 Å². The van der Waals surface area contributed by atoms with Crippen LogP contribution in [0.15, 0.2) is 4.52 Å². The SMILES string of the molecule is CCc1nc(CN2C(C(=O)O)CCC3CCCCC32)no1. The van der Waals surface area contributed by atoms with Crippen molar-refractivity contribution in [2.45, 2.75) is 70.5 Å². The van der Waals surface area contributed by atoms with E-state index in [-0.39, 0.29) is 0 Å². The molecule has 0 bridgehead atoms. The van der Waals surface area contributed by atoms with Gasteiger partial charge in [0.05, 0.1) is 6.54 Å². The van der Waals surface area contributed by atoms with E-state index in [0.717, 1.165) is 19.3 Å². The summed E-state index contributed by atoms with van der Waals surface area (Å²) in [7, 11) is 0. The Bertz CT molecular complexity index is 502. The van der Waals surface area contributed by atoms with Crippen LogP contribution >= 0.6 is 0 Å². The number of hydrogen-bond donors (Lipinski definition) is 1. The lowest BCUT2D eigenvalue weighted by Crippen LogP contribution is -2.54. The second-order valence-corrected chi connectivity index (χ2v) is 6.17. The topological polar surface area (TPSA) is 79.5 Å². The molecular weight excluding hydrogens is 270 g/mol. The second-order valence-electron chi connectivity index (χ2n) is 6.17. The average Bonchev–Trinajstić information content (AvgIpc) is 2.95. The van der Waals surface area contributed by atoms with E-state index in [1.54, 1.807) is 0 Å². The summed E-state index contributed by atoms with van der Waals surface area (Å²) in [5.41, 5.74) is 0. The van der Waals surface area contributed by atoms with Gasteiger partial charge in [0.25, 0.3) is 0 Å². The molecule has 2 heterocycles. The Morgan fingerprint density at radius 2 is 2.14 bits per heavy atom. The molecule has 0 spiro atoms.